The molecule has 24 heavy (non-hydrogen) atoms. The standard InChI is InChI=1S/C22H30O2/c1-15-2-4-16(5-3-15)17-6-8-18(9-7-17)19-10-12-20(13-11-19)21-14-22(23)24-21/h2-5,17-21H,6-14H2,1H3/t17?,18?,19-,20+,21?. The van der Waals surface area contributed by atoms with Gasteiger partial charge in [0.1, 0.15) is 6.10 Å². The Morgan fingerprint density at radius 2 is 1.29 bits per heavy atom. The van der Waals surface area contributed by atoms with Crippen LogP contribution in [0.15, 0.2) is 24.3 Å². The molecule has 1 aromatic carbocycles. The molecule has 1 unspecified atom stereocenters. The van der Waals surface area contributed by atoms with Gasteiger partial charge in [-0.3, -0.25) is 4.79 Å². The van der Waals surface area contributed by atoms with Crippen LogP contribution in [0.1, 0.15) is 74.8 Å². The number of hydrogen-bond acceptors (Lipinski definition) is 2. The average Bonchev–Trinajstić information content (AvgIpc) is 2.60. The number of rotatable bonds is 3. The van der Waals surface area contributed by atoms with Crippen LogP contribution < -0.4 is 0 Å². The molecule has 3 fully saturated rings. The fraction of sp³-hybridized carbons (Fsp3) is 0.682. The third-order valence-electron chi connectivity index (χ3n) is 6.98. The summed E-state index contributed by atoms with van der Waals surface area (Å²) < 4.78 is 5.29. The summed E-state index contributed by atoms with van der Waals surface area (Å²) in [5, 5.41) is 0. The number of cyclic esters (lactones) is 1. The smallest absolute Gasteiger partial charge is 0.309 e. The van der Waals surface area contributed by atoms with Gasteiger partial charge in [-0.15, -0.1) is 0 Å². The molecule has 130 valence electrons. The maximum atomic E-state index is 11.0. The van der Waals surface area contributed by atoms with E-state index < -0.39 is 0 Å². The normalized spacial score (nSPS) is 36.7. The van der Waals surface area contributed by atoms with Crippen molar-refractivity contribution in [3.63, 3.8) is 0 Å². The van der Waals surface area contributed by atoms with Crippen LogP contribution in [0.25, 0.3) is 0 Å². The molecule has 1 heterocycles. The number of hydrogen-bond donors (Lipinski definition) is 0. The van der Waals surface area contributed by atoms with Gasteiger partial charge in [0, 0.05) is 0 Å². The quantitative estimate of drug-likeness (QED) is 0.696. The second kappa shape index (κ2) is 6.90. The summed E-state index contributed by atoms with van der Waals surface area (Å²) in [4.78, 5) is 11.0. The lowest BCUT2D eigenvalue weighted by Gasteiger charge is -2.41. The molecule has 0 radical (unpaired) electrons. The highest BCUT2D eigenvalue weighted by Gasteiger charge is 2.39. The summed E-state index contributed by atoms with van der Waals surface area (Å²) in [5.41, 5.74) is 2.91. The molecule has 2 saturated carbocycles. The fourth-order valence-electron chi connectivity index (χ4n) is 5.34. The molecular formula is C22H30O2. The highest BCUT2D eigenvalue weighted by molar-refractivity contribution is 5.75. The Bertz CT molecular complexity index is 552. The van der Waals surface area contributed by atoms with Crippen molar-refractivity contribution in [3.8, 4) is 0 Å². The minimum absolute atomic E-state index is 0.0107. The van der Waals surface area contributed by atoms with Crippen LogP contribution in [0.2, 0.25) is 0 Å². The third-order valence-corrected chi connectivity index (χ3v) is 6.98. The molecule has 0 aromatic heterocycles. The first kappa shape index (κ1) is 16.2. The van der Waals surface area contributed by atoms with Crippen LogP contribution in [0.3, 0.4) is 0 Å². The topological polar surface area (TPSA) is 26.3 Å². The second-order valence-electron chi connectivity index (χ2n) is 8.43. The first-order valence-corrected chi connectivity index (χ1v) is 9.95. The number of benzene rings is 1. The minimum atomic E-state index is 0.0107. The largest absolute Gasteiger partial charge is 0.461 e. The lowest BCUT2D eigenvalue weighted by Crippen LogP contribution is -2.41. The summed E-state index contributed by atoms with van der Waals surface area (Å²) in [6, 6.07) is 9.20. The van der Waals surface area contributed by atoms with Crippen molar-refractivity contribution < 1.29 is 9.53 Å². The predicted molar refractivity (Wildman–Crippen MR) is 95.8 cm³/mol. The van der Waals surface area contributed by atoms with E-state index in [2.05, 4.69) is 31.2 Å². The molecule has 0 spiro atoms. The number of esters is 1. The zero-order valence-electron chi connectivity index (χ0n) is 14.9. The average molecular weight is 326 g/mol. The number of carbonyl (C=O) groups excluding carboxylic acids is 1. The Morgan fingerprint density at radius 1 is 0.792 bits per heavy atom. The van der Waals surface area contributed by atoms with Gasteiger partial charge < -0.3 is 4.74 Å². The summed E-state index contributed by atoms with van der Waals surface area (Å²) in [6.07, 6.45) is 11.8. The summed E-state index contributed by atoms with van der Waals surface area (Å²) in [7, 11) is 0. The minimum Gasteiger partial charge on any atom is -0.461 e. The number of carbonyl (C=O) groups is 1. The Morgan fingerprint density at radius 3 is 1.83 bits per heavy atom. The molecule has 1 saturated heterocycles. The van der Waals surface area contributed by atoms with E-state index in [-0.39, 0.29) is 12.1 Å². The molecule has 3 aliphatic rings. The highest BCUT2D eigenvalue weighted by Crippen LogP contribution is 2.45. The van der Waals surface area contributed by atoms with Crippen LogP contribution in [-0.4, -0.2) is 12.1 Å². The van der Waals surface area contributed by atoms with Gasteiger partial charge in [-0.05, 0) is 87.5 Å². The monoisotopic (exact) mass is 326 g/mol. The SMILES string of the molecule is Cc1ccc(C2CCC([C@H]3CC[C@@H](C4CC(=O)O4)CC3)CC2)cc1. The van der Waals surface area contributed by atoms with E-state index in [4.69, 9.17) is 4.74 Å². The van der Waals surface area contributed by atoms with E-state index in [0.717, 1.165) is 17.8 Å². The van der Waals surface area contributed by atoms with Crippen molar-refractivity contribution in [3.05, 3.63) is 35.4 Å². The van der Waals surface area contributed by atoms with E-state index >= 15 is 0 Å². The molecule has 1 aliphatic heterocycles. The summed E-state index contributed by atoms with van der Waals surface area (Å²) >= 11 is 0. The molecule has 0 N–H and O–H groups in total. The number of ether oxygens (including phenoxy) is 1. The Labute approximate surface area is 146 Å². The maximum absolute atomic E-state index is 11.0. The van der Waals surface area contributed by atoms with Gasteiger partial charge in [-0.1, -0.05) is 29.8 Å². The first-order chi connectivity index (χ1) is 11.7. The Balaban J connectivity index is 1.24. The van der Waals surface area contributed by atoms with Crippen molar-refractivity contribution in [1.29, 1.82) is 0 Å². The van der Waals surface area contributed by atoms with Gasteiger partial charge in [-0.25, -0.2) is 0 Å². The molecule has 2 nitrogen and oxygen atoms in total. The van der Waals surface area contributed by atoms with Crippen LogP contribution in [0.5, 0.6) is 0 Å². The fourth-order valence-corrected chi connectivity index (χ4v) is 5.34. The van der Waals surface area contributed by atoms with Gasteiger partial charge in [0.05, 0.1) is 6.42 Å². The van der Waals surface area contributed by atoms with E-state index in [9.17, 15) is 4.79 Å². The number of aryl methyl sites for hydroxylation is 1. The second-order valence-corrected chi connectivity index (χ2v) is 8.43. The lowest BCUT2D eigenvalue weighted by atomic mass is 9.67. The molecular weight excluding hydrogens is 296 g/mol. The summed E-state index contributed by atoms with van der Waals surface area (Å²) in [6.45, 7) is 2.17. The maximum Gasteiger partial charge on any atom is 0.309 e. The van der Waals surface area contributed by atoms with Gasteiger partial charge >= 0.3 is 5.97 Å². The zero-order valence-corrected chi connectivity index (χ0v) is 14.9. The van der Waals surface area contributed by atoms with Gasteiger partial charge in [-0.2, -0.15) is 0 Å². The van der Waals surface area contributed by atoms with Crippen molar-refractivity contribution in [2.24, 2.45) is 17.8 Å². The molecule has 2 heteroatoms. The van der Waals surface area contributed by atoms with Crippen LogP contribution in [0.4, 0.5) is 0 Å². The van der Waals surface area contributed by atoms with Gasteiger partial charge in [0.25, 0.3) is 0 Å². The molecule has 2 aliphatic carbocycles. The van der Waals surface area contributed by atoms with Crippen molar-refractivity contribution >= 4 is 5.97 Å². The first-order valence-electron chi connectivity index (χ1n) is 9.95. The predicted octanol–water partition coefficient (Wildman–Crippen LogP) is 5.39. The molecule has 0 bridgehead atoms. The van der Waals surface area contributed by atoms with Crippen LogP contribution in [-0.2, 0) is 9.53 Å². The van der Waals surface area contributed by atoms with E-state index in [1.165, 1.54) is 56.9 Å². The highest BCUT2D eigenvalue weighted by atomic mass is 16.6. The third kappa shape index (κ3) is 3.38. The molecule has 0 amide bonds. The van der Waals surface area contributed by atoms with Gasteiger partial charge in [0.2, 0.25) is 0 Å². The Kier molecular flexibility index (Phi) is 4.65. The Hall–Kier alpha value is -1.31. The van der Waals surface area contributed by atoms with Crippen LogP contribution in [0, 0.1) is 24.7 Å². The van der Waals surface area contributed by atoms with Crippen molar-refractivity contribution in [2.45, 2.75) is 76.7 Å². The van der Waals surface area contributed by atoms with Crippen molar-refractivity contribution in [2.75, 3.05) is 0 Å². The molecule has 1 atom stereocenters. The lowest BCUT2D eigenvalue weighted by molar-refractivity contribution is -0.176. The van der Waals surface area contributed by atoms with E-state index in [0.29, 0.717) is 12.3 Å². The summed E-state index contributed by atoms with van der Waals surface area (Å²) in [5.74, 6) is 3.32. The van der Waals surface area contributed by atoms with E-state index in [1.54, 1.807) is 5.56 Å². The van der Waals surface area contributed by atoms with Crippen molar-refractivity contribution in [1.82, 2.24) is 0 Å². The van der Waals surface area contributed by atoms with Gasteiger partial charge in [0.15, 0.2) is 0 Å². The van der Waals surface area contributed by atoms with Crippen LogP contribution >= 0.6 is 0 Å². The molecule has 1 aromatic rings. The zero-order chi connectivity index (χ0) is 16.5. The molecule has 4 rings (SSSR count). The van der Waals surface area contributed by atoms with E-state index in [1.807, 2.05) is 0 Å².